The molecule has 1 aliphatic heterocycles. The molecule has 0 aromatic heterocycles. The zero-order chi connectivity index (χ0) is 14.4. The molecule has 1 unspecified atom stereocenters. The first-order chi connectivity index (χ1) is 9.69. The minimum atomic E-state index is 0.0558. The Labute approximate surface area is 125 Å². The van der Waals surface area contributed by atoms with Crippen molar-refractivity contribution in [1.29, 1.82) is 0 Å². The van der Waals surface area contributed by atoms with Gasteiger partial charge in [-0.3, -0.25) is 9.69 Å². The molecule has 0 aliphatic carbocycles. The average Bonchev–Trinajstić information content (AvgIpc) is 2.47. The van der Waals surface area contributed by atoms with Gasteiger partial charge in [0.05, 0.1) is 6.54 Å². The fourth-order valence-corrected chi connectivity index (χ4v) is 2.70. The number of nitrogens with one attached hydrogen (secondary N) is 1. The predicted molar refractivity (Wildman–Crippen MR) is 81.6 cm³/mol. The Kier molecular flexibility index (Phi) is 5.83. The van der Waals surface area contributed by atoms with Crippen molar-refractivity contribution in [2.75, 3.05) is 19.6 Å². The van der Waals surface area contributed by atoms with Gasteiger partial charge in [0.15, 0.2) is 0 Å². The van der Waals surface area contributed by atoms with Gasteiger partial charge in [-0.15, -0.1) is 0 Å². The topological polar surface area (TPSA) is 58.4 Å². The van der Waals surface area contributed by atoms with Gasteiger partial charge in [-0.1, -0.05) is 30.2 Å². The van der Waals surface area contributed by atoms with Crippen molar-refractivity contribution < 1.29 is 4.79 Å². The summed E-state index contributed by atoms with van der Waals surface area (Å²) in [4.78, 5) is 14.2. The highest BCUT2D eigenvalue weighted by atomic mass is 35.5. The second-order valence-corrected chi connectivity index (χ2v) is 5.70. The molecule has 1 fully saturated rings. The lowest BCUT2D eigenvalue weighted by molar-refractivity contribution is -0.123. The number of benzene rings is 1. The number of nitrogens with two attached hydrogens (primary N) is 1. The average molecular weight is 296 g/mol. The third kappa shape index (κ3) is 4.47. The van der Waals surface area contributed by atoms with Crippen LogP contribution in [0, 0.1) is 0 Å². The molecule has 2 rings (SSSR count). The summed E-state index contributed by atoms with van der Waals surface area (Å²) in [6.45, 7) is 2.58. The van der Waals surface area contributed by atoms with Crippen LogP contribution in [0.3, 0.4) is 0 Å². The second-order valence-electron chi connectivity index (χ2n) is 5.26. The van der Waals surface area contributed by atoms with E-state index in [4.69, 9.17) is 17.3 Å². The van der Waals surface area contributed by atoms with E-state index < -0.39 is 0 Å². The number of amides is 1. The van der Waals surface area contributed by atoms with Crippen molar-refractivity contribution in [3.8, 4) is 0 Å². The van der Waals surface area contributed by atoms with Crippen molar-refractivity contribution >= 4 is 17.5 Å². The van der Waals surface area contributed by atoms with E-state index in [-0.39, 0.29) is 5.91 Å². The summed E-state index contributed by atoms with van der Waals surface area (Å²) in [6, 6.07) is 7.86. The van der Waals surface area contributed by atoms with E-state index >= 15 is 0 Å². The lowest BCUT2D eigenvalue weighted by Crippen LogP contribution is -2.48. The van der Waals surface area contributed by atoms with Crippen molar-refractivity contribution in [2.24, 2.45) is 5.73 Å². The number of carbonyl (C=O) groups is 1. The molecular weight excluding hydrogens is 274 g/mol. The molecular formula is C15H22ClN3O. The summed E-state index contributed by atoms with van der Waals surface area (Å²) < 4.78 is 0. The lowest BCUT2D eigenvalue weighted by atomic mass is 10.0. The second kappa shape index (κ2) is 7.62. The first kappa shape index (κ1) is 15.3. The minimum absolute atomic E-state index is 0.0558. The molecule has 0 saturated carbocycles. The molecule has 1 heterocycles. The molecule has 3 N–H and O–H groups in total. The van der Waals surface area contributed by atoms with Crippen LogP contribution in [0.15, 0.2) is 24.3 Å². The van der Waals surface area contributed by atoms with Crippen molar-refractivity contribution in [3.05, 3.63) is 34.9 Å². The lowest BCUT2D eigenvalue weighted by Gasteiger charge is -2.34. The number of piperidine rings is 1. The van der Waals surface area contributed by atoms with Crippen LogP contribution in [0.4, 0.5) is 0 Å². The van der Waals surface area contributed by atoms with Crippen molar-refractivity contribution in [2.45, 2.75) is 31.8 Å². The number of rotatable bonds is 5. The maximum Gasteiger partial charge on any atom is 0.234 e. The van der Waals surface area contributed by atoms with Crippen LogP contribution in [0.25, 0.3) is 0 Å². The Balaban J connectivity index is 1.78. The van der Waals surface area contributed by atoms with E-state index in [1.807, 2.05) is 24.3 Å². The van der Waals surface area contributed by atoms with Gasteiger partial charge in [0, 0.05) is 24.2 Å². The fourth-order valence-electron chi connectivity index (χ4n) is 2.58. The molecule has 0 bridgehead atoms. The first-order valence-corrected chi connectivity index (χ1v) is 7.52. The third-order valence-electron chi connectivity index (χ3n) is 3.77. The Hall–Kier alpha value is -1.10. The van der Waals surface area contributed by atoms with Crippen LogP contribution in [0.1, 0.15) is 24.8 Å². The van der Waals surface area contributed by atoms with Gasteiger partial charge in [-0.25, -0.2) is 0 Å². The summed E-state index contributed by atoms with van der Waals surface area (Å²) in [6.07, 6.45) is 3.46. The van der Waals surface area contributed by atoms with Crippen LogP contribution in [0.5, 0.6) is 0 Å². The Morgan fingerprint density at radius 1 is 1.35 bits per heavy atom. The zero-order valence-electron chi connectivity index (χ0n) is 11.6. The number of hydrogen-bond acceptors (Lipinski definition) is 3. The summed E-state index contributed by atoms with van der Waals surface area (Å²) in [7, 11) is 0. The molecule has 1 atom stereocenters. The molecule has 1 aliphatic rings. The smallest absolute Gasteiger partial charge is 0.234 e. The van der Waals surface area contributed by atoms with E-state index in [2.05, 4.69) is 10.2 Å². The number of halogens is 1. The monoisotopic (exact) mass is 295 g/mol. The first-order valence-electron chi connectivity index (χ1n) is 7.14. The summed E-state index contributed by atoms with van der Waals surface area (Å²) in [5.41, 5.74) is 6.82. The standard InChI is InChI=1S/C15H22ClN3O/c16-13-6-4-12(5-7-13)10-18-15(20)11-19-8-2-1-3-14(19)9-17/h4-7,14H,1-3,8-11,17H2,(H,18,20). The molecule has 1 saturated heterocycles. The quantitative estimate of drug-likeness (QED) is 0.870. The molecule has 1 aromatic rings. The van der Waals surface area contributed by atoms with Gasteiger partial charge in [0.1, 0.15) is 0 Å². The molecule has 0 radical (unpaired) electrons. The maximum absolute atomic E-state index is 12.0. The SMILES string of the molecule is NCC1CCCCN1CC(=O)NCc1ccc(Cl)cc1. The largest absolute Gasteiger partial charge is 0.351 e. The Morgan fingerprint density at radius 2 is 2.10 bits per heavy atom. The molecule has 0 spiro atoms. The number of hydrogen-bond donors (Lipinski definition) is 2. The van der Waals surface area contributed by atoms with E-state index in [0.717, 1.165) is 24.9 Å². The highest BCUT2D eigenvalue weighted by Gasteiger charge is 2.22. The number of carbonyl (C=O) groups excluding carboxylic acids is 1. The van der Waals surface area contributed by atoms with E-state index in [9.17, 15) is 4.79 Å². The summed E-state index contributed by atoms with van der Waals surface area (Å²) in [5, 5.41) is 3.65. The predicted octanol–water partition coefficient (Wildman–Crippen LogP) is 1.77. The summed E-state index contributed by atoms with van der Waals surface area (Å²) in [5.74, 6) is 0.0558. The van der Waals surface area contributed by atoms with Crippen LogP contribution in [-0.2, 0) is 11.3 Å². The van der Waals surface area contributed by atoms with E-state index in [0.29, 0.717) is 30.7 Å². The van der Waals surface area contributed by atoms with Crippen LogP contribution < -0.4 is 11.1 Å². The van der Waals surface area contributed by atoms with Crippen LogP contribution in [0.2, 0.25) is 5.02 Å². The Bertz CT molecular complexity index is 435. The van der Waals surface area contributed by atoms with E-state index in [1.165, 1.54) is 6.42 Å². The molecule has 20 heavy (non-hydrogen) atoms. The van der Waals surface area contributed by atoms with Gasteiger partial charge < -0.3 is 11.1 Å². The molecule has 110 valence electrons. The van der Waals surface area contributed by atoms with Crippen molar-refractivity contribution in [1.82, 2.24) is 10.2 Å². The highest BCUT2D eigenvalue weighted by Crippen LogP contribution is 2.15. The number of nitrogens with zero attached hydrogens (tertiary/aromatic N) is 1. The third-order valence-corrected chi connectivity index (χ3v) is 4.02. The van der Waals surface area contributed by atoms with E-state index in [1.54, 1.807) is 0 Å². The molecule has 4 nitrogen and oxygen atoms in total. The molecule has 1 amide bonds. The van der Waals surface area contributed by atoms with Crippen molar-refractivity contribution in [3.63, 3.8) is 0 Å². The minimum Gasteiger partial charge on any atom is -0.351 e. The molecule has 5 heteroatoms. The fraction of sp³-hybridized carbons (Fsp3) is 0.533. The van der Waals surface area contributed by atoms with Crippen LogP contribution >= 0.6 is 11.6 Å². The van der Waals surface area contributed by atoms with Crippen LogP contribution in [-0.4, -0.2) is 36.5 Å². The van der Waals surface area contributed by atoms with Gasteiger partial charge in [-0.2, -0.15) is 0 Å². The zero-order valence-corrected chi connectivity index (χ0v) is 12.4. The Morgan fingerprint density at radius 3 is 2.80 bits per heavy atom. The molecule has 1 aromatic carbocycles. The van der Waals surface area contributed by atoms with Gasteiger partial charge in [0.2, 0.25) is 5.91 Å². The van der Waals surface area contributed by atoms with Gasteiger partial charge in [0.25, 0.3) is 0 Å². The van der Waals surface area contributed by atoms with Gasteiger partial charge >= 0.3 is 0 Å². The number of likely N-dealkylation sites (tertiary alicyclic amines) is 1. The summed E-state index contributed by atoms with van der Waals surface area (Å²) >= 11 is 5.83. The maximum atomic E-state index is 12.0. The normalized spacial score (nSPS) is 19.8. The van der Waals surface area contributed by atoms with Gasteiger partial charge in [-0.05, 0) is 37.1 Å². The highest BCUT2D eigenvalue weighted by molar-refractivity contribution is 6.30.